The van der Waals surface area contributed by atoms with Crippen LogP contribution in [-0.2, 0) is 4.79 Å². The monoisotopic (exact) mass is 166 g/mol. The smallest absolute Gasteiger partial charge is 0.165 e. The molecule has 0 heterocycles. The van der Waals surface area contributed by atoms with E-state index in [2.05, 4.69) is 0 Å². The van der Waals surface area contributed by atoms with Crippen molar-refractivity contribution in [2.24, 2.45) is 0 Å². The summed E-state index contributed by atoms with van der Waals surface area (Å²) in [5.74, 6) is -1.13. The van der Waals surface area contributed by atoms with Crippen LogP contribution in [0, 0.1) is 5.82 Å². The van der Waals surface area contributed by atoms with Crippen molar-refractivity contribution in [1.82, 2.24) is 0 Å². The first-order chi connectivity index (χ1) is 5.75. The highest BCUT2D eigenvalue weighted by molar-refractivity contribution is 5.75. The molecule has 1 rings (SSSR count). The van der Waals surface area contributed by atoms with Gasteiger partial charge in [-0.2, -0.15) is 0 Å². The molecular weight excluding hydrogens is 159 g/mol. The van der Waals surface area contributed by atoms with Gasteiger partial charge in [-0.1, -0.05) is 12.1 Å². The number of phenols is 1. The number of allylic oxidation sites excluding steroid dienone is 1. The van der Waals surface area contributed by atoms with Crippen molar-refractivity contribution in [3.8, 4) is 5.75 Å². The van der Waals surface area contributed by atoms with Gasteiger partial charge in [0.25, 0.3) is 0 Å². The molecule has 1 aromatic carbocycles. The van der Waals surface area contributed by atoms with Crippen LogP contribution in [0.5, 0.6) is 5.75 Å². The van der Waals surface area contributed by atoms with Gasteiger partial charge in [0.15, 0.2) is 11.6 Å². The average Bonchev–Trinajstić information content (AvgIpc) is 2.08. The number of carbonyl (C=O) groups excluding carboxylic acids is 1. The second-order valence-electron chi connectivity index (χ2n) is 2.17. The Balaban J connectivity index is 3.07. The number of hydrogen-bond acceptors (Lipinski definition) is 2. The van der Waals surface area contributed by atoms with Gasteiger partial charge in [-0.15, -0.1) is 0 Å². The number of phenolic OH excluding ortho intramolecular Hbond substituents is 1. The van der Waals surface area contributed by atoms with E-state index in [0.717, 1.165) is 6.07 Å². The van der Waals surface area contributed by atoms with Crippen LogP contribution in [0.2, 0.25) is 0 Å². The number of carbonyl (C=O) groups is 1. The molecule has 1 N–H and O–H groups in total. The summed E-state index contributed by atoms with van der Waals surface area (Å²) in [6, 6.07) is 4.12. The van der Waals surface area contributed by atoms with Crippen LogP contribution in [0.25, 0.3) is 6.08 Å². The van der Waals surface area contributed by atoms with Gasteiger partial charge in [-0.25, -0.2) is 4.39 Å². The van der Waals surface area contributed by atoms with E-state index in [1.807, 2.05) is 0 Å². The summed E-state index contributed by atoms with van der Waals surface area (Å²) in [4.78, 5) is 9.91. The average molecular weight is 166 g/mol. The zero-order valence-corrected chi connectivity index (χ0v) is 6.20. The van der Waals surface area contributed by atoms with Crippen molar-refractivity contribution in [2.75, 3.05) is 0 Å². The molecule has 0 saturated carbocycles. The Labute approximate surface area is 69.0 Å². The van der Waals surface area contributed by atoms with Crippen LogP contribution < -0.4 is 0 Å². The Morgan fingerprint density at radius 3 is 2.83 bits per heavy atom. The number of benzene rings is 1. The summed E-state index contributed by atoms with van der Waals surface area (Å²) in [5, 5.41) is 9.08. The summed E-state index contributed by atoms with van der Waals surface area (Å²) in [6.45, 7) is 0. The minimum atomic E-state index is -0.692. The van der Waals surface area contributed by atoms with Crippen LogP contribution >= 0.6 is 0 Å². The van der Waals surface area contributed by atoms with Crippen molar-refractivity contribution in [1.29, 1.82) is 0 Å². The van der Waals surface area contributed by atoms with Gasteiger partial charge < -0.3 is 5.11 Å². The second-order valence-corrected chi connectivity index (χ2v) is 2.17. The lowest BCUT2D eigenvalue weighted by atomic mass is 10.2. The Hall–Kier alpha value is -1.64. The molecule has 0 aliphatic rings. The van der Waals surface area contributed by atoms with E-state index in [-0.39, 0.29) is 0 Å². The second kappa shape index (κ2) is 3.67. The number of aromatic hydroxyl groups is 1. The minimum Gasteiger partial charge on any atom is -0.504 e. The first kappa shape index (κ1) is 8.46. The Bertz CT molecular complexity index is 318. The maximum Gasteiger partial charge on any atom is 0.165 e. The molecule has 0 unspecified atom stereocenters. The normalized spacial score (nSPS) is 10.4. The van der Waals surface area contributed by atoms with Gasteiger partial charge in [-0.3, -0.25) is 4.79 Å². The predicted molar refractivity (Wildman–Crippen MR) is 43.2 cm³/mol. The van der Waals surface area contributed by atoms with E-state index < -0.39 is 11.6 Å². The third-order valence-electron chi connectivity index (χ3n) is 1.37. The van der Waals surface area contributed by atoms with Gasteiger partial charge >= 0.3 is 0 Å². The third-order valence-corrected chi connectivity index (χ3v) is 1.37. The number of aldehydes is 1. The zero-order chi connectivity index (χ0) is 8.97. The Morgan fingerprint density at radius 2 is 2.17 bits per heavy atom. The lowest BCUT2D eigenvalue weighted by molar-refractivity contribution is -0.104. The molecule has 0 aliphatic heterocycles. The Morgan fingerprint density at radius 1 is 1.42 bits per heavy atom. The number of hydrogen-bond donors (Lipinski definition) is 1. The Kier molecular flexibility index (Phi) is 2.58. The van der Waals surface area contributed by atoms with Gasteiger partial charge in [-0.05, 0) is 18.2 Å². The van der Waals surface area contributed by atoms with Gasteiger partial charge in [0, 0.05) is 5.56 Å². The molecule has 0 fully saturated rings. The van der Waals surface area contributed by atoms with Crippen LogP contribution in [0.3, 0.4) is 0 Å². The fourth-order valence-corrected chi connectivity index (χ4v) is 0.809. The molecule has 0 radical (unpaired) electrons. The highest BCUT2D eigenvalue weighted by Crippen LogP contribution is 2.21. The quantitative estimate of drug-likeness (QED) is 0.536. The molecule has 0 atom stereocenters. The van der Waals surface area contributed by atoms with Gasteiger partial charge in [0.05, 0.1) is 0 Å². The highest BCUT2D eigenvalue weighted by atomic mass is 19.1. The van der Waals surface area contributed by atoms with E-state index in [4.69, 9.17) is 5.11 Å². The lowest BCUT2D eigenvalue weighted by Gasteiger charge is -1.97. The summed E-state index contributed by atoms with van der Waals surface area (Å²) >= 11 is 0. The molecule has 0 aliphatic carbocycles. The van der Waals surface area contributed by atoms with Crippen LogP contribution in [0.4, 0.5) is 4.39 Å². The fourth-order valence-electron chi connectivity index (χ4n) is 0.809. The molecule has 3 heteroatoms. The first-order valence-electron chi connectivity index (χ1n) is 3.35. The molecule has 0 amide bonds. The van der Waals surface area contributed by atoms with Crippen molar-refractivity contribution < 1.29 is 14.3 Å². The first-order valence-corrected chi connectivity index (χ1v) is 3.35. The lowest BCUT2D eigenvalue weighted by Crippen LogP contribution is -1.79. The van der Waals surface area contributed by atoms with Crippen LogP contribution in [0.1, 0.15) is 5.56 Å². The molecule has 0 bridgehead atoms. The highest BCUT2D eigenvalue weighted by Gasteiger charge is 2.01. The van der Waals surface area contributed by atoms with E-state index >= 15 is 0 Å². The molecule has 0 spiro atoms. The number of para-hydroxylation sites is 1. The van der Waals surface area contributed by atoms with Crippen molar-refractivity contribution >= 4 is 12.4 Å². The summed E-state index contributed by atoms with van der Waals surface area (Å²) in [7, 11) is 0. The van der Waals surface area contributed by atoms with E-state index in [9.17, 15) is 9.18 Å². The standard InChI is InChI=1S/C9H7FO2/c10-8-5-1-3-7(9(8)12)4-2-6-11/h1-6,12H/b4-2+. The summed E-state index contributed by atoms with van der Waals surface area (Å²) in [5.41, 5.74) is 0.294. The molecule has 12 heavy (non-hydrogen) atoms. The van der Waals surface area contributed by atoms with Gasteiger partial charge in [0.2, 0.25) is 0 Å². The summed E-state index contributed by atoms with van der Waals surface area (Å²) < 4.78 is 12.6. The molecule has 2 nitrogen and oxygen atoms in total. The molecule has 1 aromatic rings. The molecule has 62 valence electrons. The minimum absolute atomic E-state index is 0.294. The predicted octanol–water partition coefficient (Wildman–Crippen LogP) is 1.74. The maximum absolute atomic E-state index is 12.6. The van der Waals surface area contributed by atoms with Gasteiger partial charge in [0.1, 0.15) is 6.29 Å². The maximum atomic E-state index is 12.6. The van der Waals surface area contributed by atoms with Crippen molar-refractivity contribution in [3.05, 3.63) is 35.7 Å². The van der Waals surface area contributed by atoms with Crippen LogP contribution in [0.15, 0.2) is 24.3 Å². The third kappa shape index (κ3) is 1.69. The molecular formula is C9H7FO2. The summed E-state index contributed by atoms with van der Waals surface area (Å²) in [6.07, 6.45) is 3.09. The van der Waals surface area contributed by atoms with Crippen molar-refractivity contribution in [3.63, 3.8) is 0 Å². The fraction of sp³-hybridized carbons (Fsp3) is 0. The SMILES string of the molecule is O=C/C=C/c1cccc(F)c1O. The number of halogens is 1. The largest absolute Gasteiger partial charge is 0.504 e. The molecule has 0 aromatic heterocycles. The van der Waals surface area contributed by atoms with E-state index in [0.29, 0.717) is 11.8 Å². The topological polar surface area (TPSA) is 37.3 Å². The molecule has 0 saturated heterocycles. The number of rotatable bonds is 2. The van der Waals surface area contributed by atoms with E-state index in [1.54, 1.807) is 0 Å². The van der Waals surface area contributed by atoms with E-state index in [1.165, 1.54) is 24.3 Å². The zero-order valence-electron chi connectivity index (χ0n) is 6.20. The van der Waals surface area contributed by atoms with Crippen molar-refractivity contribution in [2.45, 2.75) is 0 Å². The van der Waals surface area contributed by atoms with Crippen LogP contribution in [-0.4, -0.2) is 11.4 Å².